The number of H-pyrrole nitrogens is 1. The van der Waals surface area contributed by atoms with Crippen LogP contribution in [0, 0.1) is 0 Å². The number of nitrogens with one attached hydrogen (secondary N) is 3. The van der Waals surface area contributed by atoms with E-state index in [0.717, 1.165) is 19.1 Å². The van der Waals surface area contributed by atoms with Crippen LogP contribution in [-0.4, -0.2) is 60.2 Å². The average molecular weight is 588 g/mol. The molecule has 2 aliphatic rings. The summed E-state index contributed by atoms with van der Waals surface area (Å²) in [6, 6.07) is 12.3. The Kier molecular flexibility index (Phi) is 8.11. The Bertz CT molecular complexity index is 1550. The van der Waals surface area contributed by atoms with Crippen molar-refractivity contribution in [1.82, 2.24) is 25.1 Å². The third kappa shape index (κ3) is 5.98. The maximum absolute atomic E-state index is 14.2. The standard InChI is InChI=1S/C27H30ClN5O6S/c1-40(37,38)32-20-8-4-5-9-21(20)33-24(16-10-12-17(28)13-11-16)23(18-6-2-3-7-19(18)26(33)35)25(34)29-15-14-22-30-27(36)39-31-22/h2-3,6-7,10-13,20-21,23-24,32H,4-5,8-9,14-15H2,1H3,(H,29,34)(H,30,31,36)/t20-,21-,23+,24-/m0/s1. The Hall–Kier alpha value is -3.48. The Morgan fingerprint density at radius 1 is 1.12 bits per heavy atom. The summed E-state index contributed by atoms with van der Waals surface area (Å²) in [5.74, 6) is -1.75. The predicted molar refractivity (Wildman–Crippen MR) is 147 cm³/mol. The summed E-state index contributed by atoms with van der Waals surface area (Å²) in [5, 5.41) is 7.08. The van der Waals surface area contributed by atoms with Crippen molar-refractivity contribution in [2.75, 3.05) is 12.8 Å². The van der Waals surface area contributed by atoms with E-state index in [1.54, 1.807) is 53.4 Å². The normalized spacial score (nSPS) is 23.1. The van der Waals surface area contributed by atoms with Crippen LogP contribution in [0.4, 0.5) is 0 Å². The van der Waals surface area contributed by atoms with E-state index < -0.39 is 39.8 Å². The molecule has 1 aromatic heterocycles. The van der Waals surface area contributed by atoms with Crippen LogP contribution >= 0.6 is 11.6 Å². The van der Waals surface area contributed by atoms with Gasteiger partial charge in [0.05, 0.1) is 18.2 Å². The fourth-order valence-corrected chi connectivity index (χ4v) is 6.80. The van der Waals surface area contributed by atoms with Gasteiger partial charge in [-0.05, 0) is 42.2 Å². The van der Waals surface area contributed by atoms with Crippen molar-refractivity contribution in [1.29, 1.82) is 0 Å². The zero-order valence-electron chi connectivity index (χ0n) is 21.8. The van der Waals surface area contributed by atoms with E-state index in [0.29, 0.717) is 40.4 Å². The zero-order valence-corrected chi connectivity index (χ0v) is 23.4. The molecule has 40 heavy (non-hydrogen) atoms. The molecule has 1 aliphatic carbocycles. The minimum Gasteiger partial charge on any atom is -0.355 e. The third-order valence-electron chi connectivity index (χ3n) is 7.47. The fourth-order valence-electron chi connectivity index (χ4n) is 5.85. The van der Waals surface area contributed by atoms with E-state index in [-0.39, 0.29) is 24.8 Å². The van der Waals surface area contributed by atoms with E-state index in [1.807, 2.05) is 0 Å². The van der Waals surface area contributed by atoms with Crippen LogP contribution in [0.1, 0.15) is 65.0 Å². The molecule has 0 bridgehead atoms. The van der Waals surface area contributed by atoms with Gasteiger partial charge in [0.1, 0.15) is 0 Å². The SMILES string of the molecule is CS(=O)(=O)N[C@H]1CCCC[C@@H]1N1C(=O)c2ccccc2[C@@H](C(=O)NCCc2noc(=O)[nH]2)[C@@H]1c1ccc(Cl)cc1. The molecule has 2 amide bonds. The van der Waals surface area contributed by atoms with Gasteiger partial charge in [0.25, 0.3) is 5.91 Å². The Labute approximate surface area is 236 Å². The Morgan fingerprint density at radius 2 is 1.85 bits per heavy atom. The summed E-state index contributed by atoms with van der Waals surface area (Å²) in [4.78, 5) is 43.6. The summed E-state index contributed by atoms with van der Waals surface area (Å²) in [7, 11) is -3.55. The van der Waals surface area contributed by atoms with E-state index in [4.69, 9.17) is 11.6 Å². The molecule has 0 saturated heterocycles. The molecular weight excluding hydrogens is 558 g/mol. The molecular formula is C27H30ClN5O6S. The smallest absolute Gasteiger partial charge is 0.355 e. The molecule has 212 valence electrons. The molecule has 4 atom stereocenters. The molecule has 13 heteroatoms. The van der Waals surface area contributed by atoms with Gasteiger partial charge in [-0.3, -0.25) is 19.1 Å². The highest BCUT2D eigenvalue weighted by molar-refractivity contribution is 7.88. The van der Waals surface area contributed by atoms with Crippen LogP contribution < -0.4 is 15.8 Å². The predicted octanol–water partition coefficient (Wildman–Crippen LogP) is 2.52. The largest absolute Gasteiger partial charge is 0.438 e. The van der Waals surface area contributed by atoms with Gasteiger partial charge in [-0.2, -0.15) is 0 Å². The van der Waals surface area contributed by atoms with E-state index in [2.05, 4.69) is 24.7 Å². The number of aromatic nitrogens is 2. The molecule has 0 spiro atoms. The molecule has 2 heterocycles. The van der Waals surface area contributed by atoms with Crippen LogP contribution in [0.15, 0.2) is 57.8 Å². The van der Waals surface area contributed by atoms with Gasteiger partial charge >= 0.3 is 5.76 Å². The van der Waals surface area contributed by atoms with Gasteiger partial charge in [-0.1, -0.05) is 59.9 Å². The van der Waals surface area contributed by atoms with Crippen LogP contribution in [-0.2, 0) is 21.2 Å². The first kappa shape index (κ1) is 28.1. The number of hydrogen-bond donors (Lipinski definition) is 3. The lowest BCUT2D eigenvalue weighted by atomic mass is 9.76. The van der Waals surface area contributed by atoms with Gasteiger partial charge in [0, 0.05) is 35.6 Å². The number of rotatable bonds is 8. The summed E-state index contributed by atoms with van der Waals surface area (Å²) in [6.45, 7) is 0.170. The van der Waals surface area contributed by atoms with Crippen LogP contribution in [0.2, 0.25) is 5.02 Å². The first-order chi connectivity index (χ1) is 19.1. The topological polar surface area (TPSA) is 154 Å². The quantitative estimate of drug-likeness (QED) is 0.366. The van der Waals surface area contributed by atoms with E-state index in [1.165, 1.54) is 0 Å². The second kappa shape index (κ2) is 11.6. The average Bonchev–Trinajstić information content (AvgIpc) is 3.33. The number of halogens is 1. The van der Waals surface area contributed by atoms with Gasteiger partial charge in [-0.15, -0.1) is 0 Å². The lowest BCUT2D eigenvalue weighted by Gasteiger charge is -2.49. The van der Waals surface area contributed by atoms with E-state index >= 15 is 0 Å². The molecule has 2 aromatic carbocycles. The second-order valence-corrected chi connectivity index (χ2v) is 12.4. The van der Waals surface area contributed by atoms with Gasteiger partial charge < -0.3 is 10.2 Å². The van der Waals surface area contributed by atoms with Crippen LogP contribution in [0.3, 0.4) is 0 Å². The van der Waals surface area contributed by atoms with Gasteiger partial charge in [0.15, 0.2) is 5.82 Å². The van der Waals surface area contributed by atoms with Crippen molar-refractivity contribution in [2.24, 2.45) is 0 Å². The summed E-state index contributed by atoms with van der Waals surface area (Å²) in [5.41, 5.74) is 1.69. The number of carbonyl (C=O) groups excluding carboxylic acids is 2. The number of amides is 2. The molecule has 0 unspecified atom stereocenters. The van der Waals surface area contributed by atoms with Crippen molar-refractivity contribution in [3.63, 3.8) is 0 Å². The lowest BCUT2D eigenvalue weighted by Crippen LogP contribution is -2.59. The first-order valence-electron chi connectivity index (χ1n) is 13.1. The molecule has 3 N–H and O–H groups in total. The monoisotopic (exact) mass is 587 g/mol. The highest BCUT2D eigenvalue weighted by Crippen LogP contribution is 2.46. The fraction of sp³-hybridized carbons (Fsp3) is 0.407. The number of fused-ring (bicyclic) bond motifs is 1. The first-order valence-corrected chi connectivity index (χ1v) is 15.4. The van der Waals surface area contributed by atoms with Crippen molar-refractivity contribution >= 4 is 33.4 Å². The maximum Gasteiger partial charge on any atom is 0.438 e. The number of sulfonamides is 1. The van der Waals surface area contributed by atoms with Crippen molar-refractivity contribution in [3.05, 3.63) is 86.6 Å². The van der Waals surface area contributed by atoms with Gasteiger partial charge in [0.2, 0.25) is 15.9 Å². The Morgan fingerprint density at radius 3 is 2.55 bits per heavy atom. The summed E-state index contributed by atoms with van der Waals surface area (Å²) < 4.78 is 31.8. The van der Waals surface area contributed by atoms with Crippen molar-refractivity contribution < 1.29 is 22.5 Å². The molecule has 5 rings (SSSR count). The molecule has 1 aliphatic heterocycles. The van der Waals surface area contributed by atoms with Crippen LogP contribution in [0.5, 0.6) is 0 Å². The second-order valence-electron chi connectivity index (χ2n) is 10.2. The number of nitrogens with zero attached hydrogens (tertiary/aromatic N) is 2. The number of benzene rings is 2. The molecule has 1 fully saturated rings. The summed E-state index contributed by atoms with van der Waals surface area (Å²) >= 11 is 6.19. The molecule has 0 radical (unpaired) electrons. The van der Waals surface area contributed by atoms with Crippen LogP contribution in [0.25, 0.3) is 0 Å². The number of hydrogen-bond acceptors (Lipinski definition) is 7. The van der Waals surface area contributed by atoms with Gasteiger partial charge in [-0.25, -0.2) is 17.9 Å². The lowest BCUT2D eigenvalue weighted by molar-refractivity contribution is -0.124. The maximum atomic E-state index is 14.2. The third-order valence-corrected chi connectivity index (χ3v) is 8.45. The summed E-state index contributed by atoms with van der Waals surface area (Å²) in [6.07, 6.45) is 4.15. The molecule has 11 nitrogen and oxygen atoms in total. The van der Waals surface area contributed by atoms with Crippen molar-refractivity contribution in [3.8, 4) is 0 Å². The molecule has 3 aromatic rings. The highest BCUT2D eigenvalue weighted by atomic mass is 35.5. The highest BCUT2D eigenvalue weighted by Gasteiger charge is 2.48. The minimum absolute atomic E-state index is 0.170. The van der Waals surface area contributed by atoms with Crippen molar-refractivity contribution in [2.45, 2.75) is 56.1 Å². The van der Waals surface area contributed by atoms with E-state index in [9.17, 15) is 22.8 Å². The molecule has 1 saturated carbocycles. The zero-order chi connectivity index (χ0) is 28.4. The number of carbonyl (C=O) groups is 2. The number of aromatic amines is 1. The Balaban J connectivity index is 1.57. The minimum atomic E-state index is -3.55.